The Morgan fingerprint density at radius 3 is 2.65 bits per heavy atom. The molecule has 6 nitrogen and oxygen atoms in total. The first-order valence-electron chi connectivity index (χ1n) is 7.53. The second-order valence-electron chi connectivity index (χ2n) is 5.22. The molecule has 0 aromatic heterocycles. The lowest BCUT2D eigenvalue weighted by atomic mass is 10.1. The molecular formula is C17H22N4O2. The molecule has 0 radical (unpaired) electrons. The minimum atomic E-state index is -0.393. The molecule has 0 bridgehead atoms. The standard InChI is InChI=1S/C17H22N4O2/c1-20-15(7-4-10-21-17(18)19)16(22)23-14-9-8-12-5-2-3-6-13(12)11-14/h2-3,5-6,8-9,11,15,20H,4,7,10H2,1H3,(H4,18,19,21)/t15-/m0/s1. The molecule has 0 fully saturated rings. The lowest BCUT2D eigenvalue weighted by Crippen LogP contribution is -2.37. The summed E-state index contributed by atoms with van der Waals surface area (Å²) < 4.78 is 5.47. The average Bonchev–Trinajstić information content (AvgIpc) is 2.54. The Hall–Kier alpha value is -2.60. The maximum atomic E-state index is 12.2. The van der Waals surface area contributed by atoms with Gasteiger partial charge in [-0.25, -0.2) is 4.79 Å². The highest BCUT2D eigenvalue weighted by Crippen LogP contribution is 2.21. The predicted octanol–water partition coefficient (Wildman–Crippen LogP) is 1.39. The first-order chi connectivity index (χ1) is 11.1. The Morgan fingerprint density at radius 2 is 1.96 bits per heavy atom. The number of hydrogen-bond donors (Lipinski definition) is 3. The molecule has 5 N–H and O–H groups in total. The minimum absolute atomic E-state index is 0.0600. The molecule has 0 saturated carbocycles. The molecule has 0 unspecified atom stereocenters. The largest absolute Gasteiger partial charge is 0.425 e. The van der Waals surface area contributed by atoms with Crippen molar-refractivity contribution in [3.8, 4) is 5.75 Å². The number of fused-ring (bicyclic) bond motifs is 1. The number of guanidine groups is 1. The fraction of sp³-hybridized carbons (Fsp3) is 0.294. The molecule has 0 aliphatic rings. The molecule has 0 saturated heterocycles. The summed E-state index contributed by atoms with van der Waals surface area (Å²) in [5.74, 6) is 0.287. The summed E-state index contributed by atoms with van der Waals surface area (Å²) in [7, 11) is 1.73. The van der Waals surface area contributed by atoms with Crippen LogP contribution < -0.4 is 21.5 Å². The lowest BCUT2D eigenvalue weighted by molar-refractivity contribution is -0.136. The third-order valence-corrected chi connectivity index (χ3v) is 3.52. The zero-order valence-electron chi connectivity index (χ0n) is 13.2. The monoisotopic (exact) mass is 314 g/mol. The van der Waals surface area contributed by atoms with E-state index in [0.29, 0.717) is 25.1 Å². The van der Waals surface area contributed by atoms with Crippen molar-refractivity contribution < 1.29 is 9.53 Å². The number of hydrogen-bond acceptors (Lipinski definition) is 4. The van der Waals surface area contributed by atoms with Gasteiger partial charge < -0.3 is 21.5 Å². The number of ether oxygens (including phenoxy) is 1. The van der Waals surface area contributed by atoms with Gasteiger partial charge in [0.25, 0.3) is 0 Å². The Morgan fingerprint density at radius 1 is 1.22 bits per heavy atom. The van der Waals surface area contributed by atoms with Crippen molar-refractivity contribution >= 4 is 22.7 Å². The normalized spacial score (nSPS) is 11.9. The van der Waals surface area contributed by atoms with Gasteiger partial charge in [-0.15, -0.1) is 0 Å². The van der Waals surface area contributed by atoms with E-state index in [2.05, 4.69) is 10.3 Å². The van der Waals surface area contributed by atoms with Crippen LogP contribution in [0.4, 0.5) is 0 Å². The van der Waals surface area contributed by atoms with Gasteiger partial charge in [-0.05, 0) is 42.8 Å². The van der Waals surface area contributed by atoms with E-state index in [1.165, 1.54) is 0 Å². The van der Waals surface area contributed by atoms with Gasteiger partial charge in [0.15, 0.2) is 5.96 Å². The Balaban J connectivity index is 1.96. The van der Waals surface area contributed by atoms with Crippen LogP contribution in [-0.4, -0.2) is 31.6 Å². The van der Waals surface area contributed by atoms with Crippen molar-refractivity contribution in [2.75, 3.05) is 13.6 Å². The summed E-state index contributed by atoms with van der Waals surface area (Å²) in [4.78, 5) is 16.1. The van der Waals surface area contributed by atoms with E-state index in [4.69, 9.17) is 16.2 Å². The lowest BCUT2D eigenvalue weighted by Gasteiger charge is -2.14. The highest BCUT2D eigenvalue weighted by atomic mass is 16.5. The summed E-state index contributed by atoms with van der Waals surface area (Å²) in [6, 6.07) is 13.1. The molecule has 2 rings (SSSR count). The number of nitrogens with two attached hydrogens (primary N) is 2. The Kier molecular flexibility index (Phi) is 5.94. The number of nitrogens with zero attached hydrogens (tertiary/aromatic N) is 1. The smallest absolute Gasteiger partial charge is 0.328 e. The number of carbonyl (C=O) groups is 1. The Labute approximate surface area is 135 Å². The zero-order chi connectivity index (χ0) is 16.7. The van der Waals surface area contributed by atoms with Crippen LogP contribution >= 0.6 is 0 Å². The molecule has 0 aliphatic carbocycles. The molecule has 0 heterocycles. The van der Waals surface area contributed by atoms with Crippen LogP contribution in [0, 0.1) is 0 Å². The molecule has 2 aromatic carbocycles. The van der Waals surface area contributed by atoms with Gasteiger partial charge in [-0.3, -0.25) is 4.99 Å². The van der Waals surface area contributed by atoms with Crippen LogP contribution in [0.1, 0.15) is 12.8 Å². The molecule has 2 aromatic rings. The van der Waals surface area contributed by atoms with E-state index in [9.17, 15) is 4.79 Å². The van der Waals surface area contributed by atoms with E-state index in [1.807, 2.05) is 36.4 Å². The van der Waals surface area contributed by atoms with Crippen LogP contribution in [0.3, 0.4) is 0 Å². The second-order valence-corrected chi connectivity index (χ2v) is 5.22. The topological polar surface area (TPSA) is 103 Å². The van der Waals surface area contributed by atoms with E-state index in [1.54, 1.807) is 13.1 Å². The number of rotatable bonds is 7. The molecular weight excluding hydrogens is 292 g/mol. The third kappa shape index (κ3) is 4.96. The van der Waals surface area contributed by atoms with E-state index < -0.39 is 6.04 Å². The second kappa shape index (κ2) is 8.14. The summed E-state index contributed by atoms with van der Waals surface area (Å²) in [5, 5.41) is 5.10. The molecule has 6 heteroatoms. The minimum Gasteiger partial charge on any atom is -0.425 e. The van der Waals surface area contributed by atoms with Crippen LogP contribution in [-0.2, 0) is 4.79 Å². The van der Waals surface area contributed by atoms with Gasteiger partial charge in [-0.1, -0.05) is 30.3 Å². The molecule has 0 amide bonds. The van der Waals surface area contributed by atoms with Crippen LogP contribution in [0.2, 0.25) is 0 Å². The van der Waals surface area contributed by atoms with E-state index in [-0.39, 0.29) is 11.9 Å². The predicted molar refractivity (Wildman–Crippen MR) is 92.3 cm³/mol. The summed E-state index contributed by atoms with van der Waals surface area (Å²) in [5.41, 5.74) is 10.5. The van der Waals surface area contributed by atoms with Crippen molar-refractivity contribution in [3.05, 3.63) is 42.5 Å². The summed E-state index contributed by atoms with van der Waals surface area (Å²) in [6.45, 7) is 0.490. The van der Waals surface area contributed by atoms with Crippen molar-refractivity contribution in [2.24, 2.45) is 16.5 Å². The van der Waals surface area contributed by atoms with E-state index in [0.717, 1.165) is 10.8 Å². The van der Waals surface area contributed by atoms with Crippen molar-refractivity contribution in [3.63, 3.8) is 0 Å². The summed E-state index contributed by atoms with van der Waals surface area (Å²) >= 11 is 0. The highest BCUT2D eigenvalue weighted by Gasteiger charge is 2.18. The van der Waals surface area contributed by atoms with Crippen molar-refractivity contribution in [2.45, 2.75) is 18.9 Å². The first-order valence-corrected chi connectivity index (χ1v) is 7.53. The van der Waals surface area contributed by atoms with Crippen LogP contribution in [0.15, 0.2) is 47.5 Å². The molecule has 0 spiro atoms. The number of esters is 1. The quantitative estimate of drug-likeness (QED) is 0.236. The van der Waals surface area contributed by atoms with Crippen molar-refractivity contribution in [1.29, 1.82) is 0 Å². The maximum Gasteiger partial charge on any atom is 0.328 e. The van der Waals surface area contributed by atoms with Gasteiger partial charge in [0.1, 0.15) is 11.8 Å². The maximum absolute atomic E-state index is 12.2. The molecule has 23 heavy (non-hydrogen) atoms. The number of nitrogens with one attached hydrogen (secondary N) is 1. The van der Waals surface area contributed by atoms with Gasteiger partial charge in [0.2, 0.25) is 0 Å². The fourth-order valence-electron chi connectivity index (χ4n) is 2.30. The summed E-state index contributed by atoms with van der Waals surface area (Å²) in [6.07, 6.45) is 1.29. The SMILES string of the molecule is CN[C@@H](CCCN=C(N)N)C(=O)Oc1ccc2ccccc2c1. The van der Waals surface area contributed by atoms with Gasteiger partial charge in [-0.2, -0.15) is 0 Å². The number of likely N-dealkylation sites (N-methyl/N-ethyl adjacent to an activating group) is 1. The number of aliphatic imine (C=N–C) groups is 1. The molecule has 1 atom stereocenters. The van der Waals surface area contributed by atoms with Gasteiger partial charge in [0, 0.05) is 6.54 Å². The van der Waals surface area contributed by atoms with Crippen molar-refractivity contribution in [1.82, 2.24) is 5.32 Å². The Bertz CT molecular complexity index is 696. The van der Waals surface area contributed by atoms with Gasteiger partial charge in [0.05, 0.1) is 0 Å². The van der Waals surface area contributed by atoms with Crippen LogP contribution in [0.25, 0.3) is 10.8 Å². The molecule has 0 aliphatic heterocycles. The zero-order valence-corrected chi connectivity index (χ0v) is 13.2. The highest BCUT2D eigenvalue weighted by molar-refractivity contribution is 5.85. The average molecular weight is 314 g/mol. The number of benzene rings is 2. The third-order valence-electron chi connectivity index (χ3n) is 3.52. The van der Waals surface area contributed by atoms with E-state index >= 15 is 0 Å². The fourth-order valence-corrected chi connectivity index (χ4v) is 2.30. The molecule has 122 valence electrons. The van der Waals surface area contributed by atoms with Gasteiger partial charge >= 0.3 is 5.97 Å². The van der Waals surface area contributed by atoms with Crippen LogP contribution in [0.5, 0.6) is 5.75 Å². The first kappa shape index (κ1) is 16.8. The number of carbonyl (C=O) groups excluding carboxylic acids is 1.